The van der Waals surface area contributed by atoms with E-state index in [4.69, 9.17) is 0 Å². The topological polar surface area (TPSA) is 28.2 Å². The standard InChI is InChI=1S/C13H25N3S/c1-5-7-16(6-2)13-15-10-12(17-13)9-14-8-11(3)4/h10-11,14H,5-9H2,1-4H3. The van der Waals surface area contributed by atoms with Crippen molar-refractivity contribution < 1.29 is 0 Å². The highest BCUT2D eigenvalue weighted by molar-refractivity contribution is 7.15. The van der Waals surface area contributed by atoms with Crippen LogP contribution < -0.4 is 10.2 Å². The van der Waals surface area contributed by atoms with Crippen LogP contribution in [-0.2, 0) is 6.54 Å². The number of anilines is 1. The molecule has 0 atom stereocenters. The first-order chi connectivity index (χ1) is 8.17. The van der Waals surface area contributed by atoms with Crippen LogP contribution in [-0.4, -0.2) is 24.6 Å². The number of hydrogen-bond donors (Lipinski definition) is 1. The molecule has 1 rings (SSSR count). The summed E-state index contributed by atoms with van der Waals surface area (Å²) in [6, 6.07) is 0. The predicted octanol–water partition coefficient (Wildman–Crippen LogP) is 3.13. The summed E-state index contributed by atoms with van der Waals surface area (Å²) in [5.74, 6) is 0.703. The predicted molar refractivity (Wildman–Crippen MR) is 76.8 cm³/mol. The number of hydrogen-bond acceptors (Lipinski definition) is 4. The summed E-state index contributed by atoms with van der Waals surface area (Å²) in [4.78, 5) is 8.18. The van der Waals surface area contributed by atoms with Crippen molar-refractivity contribution in [1.82, 2.24) is 10.3 Å². The Morgan fingerprint density at radius 3 is 2.76 bits per heavy atom. The van der Waals surface area contributed by atoms with E-state index in [9.17, 15) is 0 Å². The van der Waals surface area contributed by atoms with E-state index in [0.717, 1.165) is 31.3 Å². The lowest BCUT2D eigenvalue weighted by Crippen LogP contribution is -2.22. The van der Waals surface area contributed by atoms with Gasteiger partial charge in [0.1, 0.15) is 0 Å². The van der Waals surface area contributed by atoms with Crippen LogP contribution in [0.5, 0.6) is 0 Å². The van der Waals surface area contributed by atoms with Crippen LogP contribution in [0.2, 0.25) is 0 Å². The minimum Gasteiger partial charge on any atom is -0.348 e. The lowest BCUT2D eigenvalue weighted by molar-refractivity contribution is 0.554. The normalized spacial score (nSPS) is 11.1. The molecule has 0 unspecified atom stereocenters. The third-order valence-electron chi connectivity index (χ3n) is 2.54. The Balaban J connectivity index is 2.46. The maximum Gasteiger partial charge on any atom is 0.185 e. The van der Waals surface area contributed by atoms with Crippen molar-refractivity contribution in [2.75, 3.05) is 24.5 Å². The molecule has 1 heterocycles. The smallest absolute Gasteiger partial charge is 0.185 e. The Kier molecular flexibility index (Phi) is 6.52. The van der Waals surface area contributed by atoms with Crippen LogP contribution in [0.15, 0.2) is 6.20 Å². The quantitative estimate of drug-likeness (QED) is 0.773. The first-order valence-electron chi connectivity index (χ1n) is 6.57. The Bertz CT molecular complexity index is 309. The third-order valence-corrected chi connectivity index (χ3v) is 3.60. The molecule has 0 saturated heterocycles. The molecule has 0 radical (unpaired) electrons. The lowest BCUT2D eigenvalue weighted by atomic mass is 10.2. The van der Waals surface area contributed by atoms with E-state index < -0.39 is 0 Å². The van der Waals surface area contributed by atoms with E-state index in [0.29, 0.717) is 5.92 Å². The molecule has 0 bridgehead atoms. The summed E-state index contributed by atoms with van der Waals surface area (Å²) < 4.78 is 0. The molecule has 0 aliphatic heterocycles. The number of thiazole rings is 1. The molecule has 1 aromatic rings. The van der Waals surface area contributed by atoms with Crippen molar-refractivity contribution in [3.05, 3.63) is 11.1 Å². The fraction of sp³-hybridized carbons (Fsp3) is 0.769. The van der Waals surface area contributed by atoms with Crippen LogP contribution in [0, 0.1) is 5.92 Å². The fourth-order valence-electron chi connectivity index (χ4n) is 1.67. The van der Waals surface area contributed by atoms with E-state index >= 15 is 0 Å². The second kappa shape index (κ2) is 7.67. The fourth-order valence-corrected chi connectivity index (χ4v) is 2.64. The molecular weight excluding hydrogens is 230 g/mol. The molecule has 1 aromatic heterocycles. The van der Waals surface area contributed by atoms with Gasteiger partial charge in [0.2, 0.25) is 0 Å². The molecule has 17 heavy (non-hydrogen) atoms. The monoisotopic (exact) mass is 255 g/mol. The second-order valence-corrected chi connectivity index (χ2v) is 5.81. The van der Waals surface area contributed by atoms with E-state index in [1.807, 2.05) is 17.5 Å². The average molecular weight is 255 g/mol. The van der Waals surface area contributed by atoms with E-state index in [1.165, 1.54) is 11.3 Å². The van der Waals surface area contributed by atoms with Crippen molar-refractivity contribution in [3.63, 3.8) is 0 Å². The Hall–Kier alpha value is -0.610. The van der Waals surface area contributed by atoms with Gasteiger partial charge < -0.3 is 10.2 Å². The molecule has 4 heteroatoms. The van der Waals surface area contributed by atoms with Crippen molar-refractivity contribution in [2.24, 2.45) is 5.92 Å². The van der Waals surface area contributed by atoms with Gasteiger partial charge in [-0.3, -0.25) is 0 Å². The van der Waals surface area contributed by atoms with Gasteiger partial charge in [-0.2, -0.15) is 0 Å². The van der Waals surface area contributed by atoms with Crippen molar-refractivity contribution in [3.8, 4) is 0 Å². The number of rotatable bonds is 8. The SMILES string of the molecule is CCCN(CC)c1ncc(CNCC(C)C)s1. The van der Waals surface area contributed by atoms with Crippen molar-refractivity contribution >= 4 is 16.5 Å². The van der Waals surface area contributed by atoms with Crippen molar-refractivity contribution in [2.45, 2.75) is 40.7 Å². The largest absolute Gasteiger partial charge is 0.348 e. The summed E-state index contributed by atoms with van der Waals surface area (Å²) in [5, 5.41) is 4.62. The van der Waals surface area contributed by atoms with Gasteiger partial charge in [-0.1, -0.05) is 20.8 Å². The molecular formula is C13H25N3S. The highest BCUT2D eigenvalue weighted by atomic mass is 32.1. The number of nitrogens with zero attached hydrogens (tertiary/aromatic N) is 2. The van der Waals surface area contributed by atoms with Gasteiger partial charge in [0.05, 0.1) is 0 Å². The molecule has 0 aliphatic carbocycles. The van der Waals surface area contributed by atoms with Gasteiger partial charge in [0, 0.05) is 30.7 Å². The molecule has 0 aliphatic rings. The molecule has 0 spiro atoms. The average Bonchev–Trinajstić information content (AvgIpc) is 2.74. The number of nitrogens with one attached hydrogen (secondary N) is 1. The molecule has 0 saturated carbocycles. The zero-order chi connectivity index (χ0) is 12.7. The van der Waals surface area contributed by atoms with Crippen LogP contribution >= 0.6 is 11.3 Å². The zero-order valence-electron chi connectivity index (χ0n) is 11.5. The minimum atomic E-state index is 0.703. The highest BCUT2D eigenvalue weighted by Crippen LogP contribution is 2.22. The maximum absolute atomic E-state index is 4.51. The van der Waals surface area contributed by atoms with E-state index in [-0.39, 0.29) is 0 Å². The van der Waals surface area contributed by atoms with Gasteiger partial charge in [-0.05, 0) is 25.8 Å². The summed E-state index contributed by atoms with van der Waals surface area (Å²) >= 11 is 1.81. The molecule has 1 N–H and O–H groups in total. The molecule has 3 nitrogen and oxygen atoms in total. The van der Waals surface area contributed by atoms with Crippen LogP contribution in [0.3, 0.4) is 0 Å². The first kappa shape index (κ1) is 14.5. The van der Waals surface area contributed by atoms with Crippen LogP contribution in [0.4, 0.5) is 5.13 Å². The van der Waals surface area contributed by atoms with Gasteiger partial charge in [0.15, 0.2) is 5.13 Å². The van der Waals surface area contributed by atoms with Gasteiger partial charge >= 0.3 is 0 Å². The van der Waals surface area contributed by atoms with Gasteiger partial charge in [-0.25, -0.2) is 4.98 Å². The Morgan fingerprint density at radius 1 is 1.41 bits per heavy atom. The maximum atomic E-state index is 4.51. The minimum absolute atomic E-state index is 0.703. The summed E-state index contributed by atoms with van der Waals surface area (Å²) in [7, 11) is 0. The Morgan fingerprint density at radius 2 is 2.18 bits per heavy atom. The highest BCUT2D eigenvalue weighted by Gasteiger charge is 2.08. The molecule has 98 valence electrons. The summed E-state index contributed by atoms with van der Waals surface area (Å²) in [6.07, 6.45) is 3.18. The Labute approximate surface area is 109 Å². The first-order valence-corrected chi connectivity index (χ1v) is 7.39. The third kappa shape index (κ3) is 5.04. The zero-order valence-corrected chi connectivity index (χ0v) is 12.3. The number of aromatic nitrogens is 1. The van der Waals surface area contributed by atoms with Gasteiger partial charge in [-0.15, -0.1) is 11.3 Å². The summed E-state index contributed by atoms with van der Waals surface area (Å²) in [6.45, 7) is 13.0. The lowest BCUT2D eigenvalue weighted by Gasteiger charge is -2.18. The van der Waals surface area contributed by atoms with Crippen LogP contribution in [0.1, 0.15) is 39.0 Å². The molecule has 0 fully saturated rings. The van der Waals surface area contributed by atoms with Gasteiger partial charge in [0.25, 0.3) is 0 Å². The molecule has 0 aromatic carbocycles. The van der Waals surface area contributed by atoms with Crippen molar-refractivity contribution in [1.29, 1.82) is 0 Å². The summed E-state index contributed by atoms with van der Waals surface area (Å²) in [5.41, 5.74) is 0. The van der Waals surface area contributed by atoms with E-state index in [1.54, 1.807) is 0 Å². The van der Waals surface area contributed by atoms with E-state index in [2.05, 4.69) is 42.9 Å². The van der Waals surface area contributed by atoms with Crippen LogP contribution in [0.25, 0.3) is 0 Å². The second-order valence-electron chi connectivity index (χ2n) is 4.71. The molecule has 0 amide bonds.